The molecule has 1 aliphatic rings. The maximum Gasteiger partial charge on any atom is 0.309 e. The molecule has 0 aliphatic carbocycles. The highest BCUT2D eigenvalue weighted by atomic mass is 32.2. The molecule has 0 unspecified atom stereocenters. The smallest absolute Gasteiger partial charge is 0.309 e. The molecule has 2 rings (SSSR count). The second-order valence-corrected chi connectivity index (χ2v) is 5.89. The number of carbonyl (C=O) groups is 1. The zero-order valence-corrected chi connectivity index (χ0v) is 11.3. The molecule has 1 aromatic heterocycles. The number of ketones is 1. The molecule has 0 spiro atoms. The normalized spacial score (nSPS) is 17.6. The summed E-state index contributed by atoms with van der Waals surface area (Å²) in [6.07, 6.45) is 1.17. The monoisotopic (exact) mass is 289 g/mol. The fourth-order valence-corrected chi connectivity index (χ4v) is 3.30. The Kier molecular flexibility index (Phi) is 3.99. The number of hydrogen-bond acceptors (Lipinski definition) is 6. The molecular formula is C10H15N3O5S. The zero-order valence-electron chi connectivity index (χ0n) is 10.4. The largest absolute Gasteiger partial charge is 0.390 e. The van der Waals surface area contributed by atoms with E-state index in [0.717, 1.165) is 3.97 Å². The highest BCUT2D eigenvalue weighted by Crippen LogP contribution is 2.14. The molecule has 106 valence electrons. The van der Waals surface area contributed by atoms with Crippen LogP contribution in [-0.4, -0.2) is 58.9 Å². The Morgan fingerprint density at radius 1 is 1.47 bits per heavy atom. The molecule has 1 aromatic rings. The summed E-state index contributed by atoms with van der Waals surface area (Å²) in [5, 5.41) is 9.02. The maximum atomic E-state index is 12.4. The van der Waals surface area contributed by atoms with E-state index >= 15 is 0 Å². The van der Waals surface area contributed by atoms with Gasteiger partial charge in [0.2, 0.25) is 0 Å². The van der Waals surface area contributed by atoms with Gasteiger partial charge in [0.1, 0.15) is 0 Å². The summed E-state index contributed by atoms with van der Waals surface area (Å²) in [5.41, 5.74) is 0.141. The molecule has 2 heterocycles. The van der Waals surface area contributed by atoms with Gasteiger partial charge in [-0.1, -0.05) is 0 Å². The molecular weight excluding hydrogens is 274 g/mol. The molecule has 0 bridgehead atoms. The first-order valence-electron chi connectivity index (χ1n) is 5.75. The van der Waals surface area contributed by atoms with Gasteiger partial charge in [-0.15, -0.1) is 0 Å². The summed E-state index contributed by atoms with van der Waals surface area (Å²) >= 11 is 0. The summed E-state index contributed by atoms with van der Waals surface area (Å²) in [6, 6.07) is 0. The number of carbonyl (C=O) groups excluding carboxylic acids is 1. The topological polar surface area (TPSA) is 102 Å². The van der Waals surface area contributed by atoms with Crippen LogP contribution in [0.4, 0.5) is 0 Å². The lowest BCUT2D eigenvalue weighted by Crippen LogP contribution is -2.43. The third-order valence-corrected chi connectivity index (χ3v) is 4.54. The molecule has 9 heteroatoms. The third-order valence-electron chi connectivity index (χ3n) is 2.75. The SMILES string of the molecule is CC(=O)c1nc(CO)cn1S(=O)(=O)N1CCOCC1. The average molecular weight is 289 g/mol. The van der Waals surface area contributed by atoms with Crippen LogP contribution in [-0.2, 0) is 21.6 Å². The molecule has 0 radical (unpaired) electrons. The number of ether oxygens (including phenoxy) is 1. The Bertz CT molecular complexity index is 574. The first-order valence-corrected chi connectivity index (χ1v) is 7.15. The van der Waals surface area contributed by atoms with E-state index in [1.54, 1.807) is 0 Å². The summed E-state index contributed by atoms with van der Waals surface area (Å²) < 4.78 is 32.0. The number of aromatic nitrogens is 2. The predicted molar refractivity (Wildman–Crippen MR) is 64.9 cm³/mol. The molecule has 1 saturated heterocycles. The fourth-order valence-electron chi connectivity index (χ4n) is 1.80. The first kappa shape index (κ1) is 14.1. The lowest BCUT2D eigenvalue weighted by molar-refractivity contribution is 0.0725. The molecule has 0 saturated carbocycles. The molecule has 1 N–H and O–H groups in total. The van der Waals surface area contributed by atoms with Gasteiger partial charge in [-0.25, -0.2) is 8.96 Å². The van der Waals surface area contributed by atoms with Crippen molar-refractivity contribution >= 4 is 16.0 Å². The Labute approximate surface area is 110 Å². The van der Waals surface area contributed by atoms with Crippen molar-refractivity contribution in [3.63, 3.8) is 0 Å². The Morgan fingerprint density at radius 3 is 2.63 bits per heavy atom. The highest BCUT2D eigenvalue weighted by Gasteiger charge is 2.29. The van der Waals surface area contributed by atoms with Crippen LogP contribution in [0.2, 0.25) is 0 Å². The highest BCUT2D eigenvalue weighted by molar-refractivity contribution is 7.87. The minimum Gasteiger partial charge on any atom is -0.390 e. The molecule has 1 aliphatic heterocycles. The van der Waals surface area contributed by atoms with Crippen LogP contribution in [0.1, 0.15) is 23.2 Å². The number of aliphatic hydroxyl groups excluding tert-OH is 1. The van der Waals surface area contributed by atoms with Crippen molar-refractivity contribution in [2.45, 2.75) is 13.5 Å². The van der Waals surface area contributed by atoms with Crippen LogP contribution in [0.5, 0.6) is 0 Å². The van der Waals surface area contributed by atoms with E-state index in [1.165, 1.54) is 17.4 Å². The second-order valence-electron chi connectivity index (χ2n) is 4.09. The van der Waals surface area contributed by atoms with Gasteiger partial charge < -0.3 is 9.84 Å². The maximum absolute atomic E-state index is 12.4. The van der Waals surface area contributed by atoms with Crippen molar-refractivity contribution < 1.29 is 23.1 Å². The van der Waals surface area contributed by atoms with Crippen molar-refractivity contribution in [2.24, 2.45) is 0 Å². The van der Waals surface area contributed by atoms with Crippen LogP contribution in [0.25, 0.3) is 0 Å². The number of hydrogen-bond donors (Lipinski definition) is 1. The van der Waals surface area contributed by atoms with Gasteiger partial charge in [-0.2, -0.15) is 12.7 Å². The van der Waals surface area contributed by atoms with Gasteiger partial charge in [0.05, 0.1) is 25.5 Å². The molecule has 1 fully saturated rings. The molecule has 0 amide bonds. The Morgan fingerprint density at radius 2 is 2.11 bits per heavy atom. The number of Topliss-reactive ketones (excluding diaryl/α,β-unsaturated/α-hetero) is 1. The second kappa shape index (κ2) is 5.37. The van der Waals surface area contributed by atoms with Gasteiger partial charge in [0, 0.05) is 26.2 Å². The summed E-state index contributed by atoms with van der Waals surface area (Å²) in [7, 11) is -3.85. The Hall–Kier alpha value is -1.29. The van der Waals surface area contributed by atoms with Gasteiger partial charge >= 0.3 is 10.2 Å². The minimum atomic E-state index is -3.85. The predicted octanol–water partition coefficient (Wildman–Crippen LogP) is -0.997. The van der Waals surface area contributed by atoms with E-state index in [1.807, 2.05) is 0 Å². The standard InChI is InChI=1S/C10H15N3O5S/c1-8(15)10-11-9(7-14)6-13(10)19(16,17)12-2-4-18-5-3-12/h6,14H,2-5,7H2,1H3. The van der Waals surface area contributed by atoms with Gasteiger partial charge in [0.15, 0.2) is 11.6 Å². The van der Waals surface area contributed by atoms with Crippen molar-refractivity contribution in [3.05, 3.63) is 17.7 Å². The first-order chi connectivity index (χ1) is 8.96. The van der Waals surface area contributed by atoms with E-state index in [-0.39, 0.29) is 24.6 Å². The lowest BCUT2D eigenvalue weighted by atomic mass is 10.4. The van der Waals surface area contributed by atoms with Crippen LogP contribution in [0, 0.1) is 0 Å². The average Bonchev–Trinajstić information content (AvgIpc) is 2.85. The van der Waals surface area contributed by atoms with E-state index in [4.69, 9.17) is 9.84 Å². The van der Waals surface area contributed by atoms with Gasteiger partial charge in [-0.05, 0) is 0 Å². The molecule has 0 atom stereocenters. The third kappa shape index (κ3) is 2.68. The molecule has 8 nitrogen and oxygen atoms in total. The number of nitrogens with zero attached hydrogens (tertiary/aromatic N) is 3. The summed E-state index contributed by atoms with van der Waals surface area (Å²) in [6.45, 7) is 1.89. The summed E-state index contributed by atoms with van der Waals surface area (Å²) in [4.78, 5) is 15.3. The van der Waals surface area contributed by atoms with Crippen LogP contribution in [0.15, 0.2) is 6.20 Å². The number of aliphatic hydroxyl groups is 1. The number of morpholine rings is 1. The molecule has 19 heavy (non-hydrogen) atoms. The quantitative estimate of drug-likeness (QED) is 0.714. The fraction of sp³-hybridized carbons (Fsp3) is 0.600. The van der Waals surface area contributed by atoms with Crippen LogP contribution < -0.4 is 0 Å². The number of rotatable bonds is 4. The lowest BCUT2D eigenvalue weighted by Gasteiger charge is -2.26. The van der Waals surface area contributed by atoms with Crippen LogP contribution >= 0.6 is 0 Å². The zero-order chi connectivity index (χ0) is 14.0. The van der Waals surface area contributed by atoms with Crippen LogP contribution in [0.3, 0.4) is 0 Å². The van der Waals surface area contributed by atoms with E-state index in [0.29, 0.717) is 13.2 Å². The van der Waals surface area contributed by atoms with Gasteiger partial charge in [0.25, 0.3) is 0 Å². The van der Waals surface area contributed by atoms with Crippen molar-refractivity contribution in [1.82, 2.24) is 13.3 Å². The molecule has 0 aromatic carbocycles. The summed E-state index contributed by atoms with van der Waals surface area (Å²) in [5.74, 6) is -0.674. The van der Waals surface area contributed by atoms with Gasteiger partial charge in [-0.3, -0.25) is 4.79 Å². The number of imidazole rings is 1. The van der Waals surface area contributed by atoms with Crippen molar-refractivity contribution in [2.75, 3.05) is 26.3 Å². The Balaban J connectivity index is 2.44. The van der Waals surface area contributed by atoms with Crippen molar-refractivity contribution in [1.29, 1.82) is 0 Å². The minimum absolute atomic E-state index is 0.141. The van der Waals surface area contributed by atoms with E-state index < -0.39 is 22.6 Å². The van der Waals surface area contributed by atoms with E-state index in [2.05, 4.69) is 4.98 Å². The van der Waals surface area contributed by atoms with Crippen molar-refractivity contribution in [3.8, 4) is 0 Å². The van der Waals surface area contributed by atoms with E-state index in [9.17, 15) is 13.2 Å².